The van der Waals surface area contributed by atoms with Gasteiger partial charge in [0.15, 0.2) is 6.61 Å². The number of ether oxygens (including phenoxy) is 1. The van der Waals surface area contributed by atoms with E-state index in [1.54, 1.807) is 12.1 Å². The van der Waals surface area contributed by atoms with Crippen molar-refractivity contribution in [1.29, 1.82) is 0 Å². The van der Waals surface area contributed by atoms with Crippen LogP contribution in [0.25, 0.3) is 0 Å². The van der Waals surface area contributed by atoms with Crippen molar-refractivity contribution in [3.63, 3.8) is 0 Å². The highest BCUT2D eigenvalue weighted by molar-refractivity contribution is 5.95. The Labute approximate surface area is 148 Å². The third-order valence-electron chi connectivity index (χ3n) is 3.47. The Balaban J connectivity index is 1.84. The first-order chi connectivity index (χ1) is 12.3. The van der Waals surface area contributed by atoms with Crippen molar-refractivity contribution in [3.05, 3.63) is 65.2 Å². The second kappa shape index (κ2) is 8.37. The van der Waals surface area contributed by atoms with E-state index in [1.165, 1.54) is 6.07 Å². The lowest BCUT2D eigenvalue weighted by atomic mass is 10.1. The Morgan fingerprint density at radius 1 is 1.04 bits per heavy atom. The van der Waals surface area contributed by atoms with Crippen LogP contribution in [0.15, 0.2) is 48.5 Å². The monoisotopic (exact) mass is 366 g/mol. The SMILES string of the molecule is CCc1ccc(OCC(=O)NNC(=O)c2cccc(C(F)(F)F)c2)cc1. The van der Waals surface area contributed by atoms with Crippen LogP contribution in [0.5, 0.6) is 5.75 Å². The van der Waals surface area contributed by atoms with Crippen molar-refractivity contribution in [3.8, 4) is 5.75 Å². The summed E-state index contributed by atoms with van der Waals surface area (Å²) in [4.78, 5) is 23.5. The quantitative estimate of drug-likeness (QED) is 0.799. The van der Waals surface area contributed by atoms with Gasteiger partial charge in [-0.05, 0) is 42.3 Å². The molecule has 0 aliphatic heterocycles. The van der Waals surface area contributed by atoms with E-state index in [0.717, 1.165) is 24.1 Å². The van der Waals surface area contributed by atoms with E-state index in [2.05, 4.69) is 5.43 Å². The summed E-state index contributed by atoms with van der Waals surface area (Å²) in [6.07, 6.45) is -3.68. The first-order valence-electron chi connectivity index (χ1n) is 7.77. The van der Waals surface area contributed by atoms with Gasteiger partial charge in [-0.25, -0.2) is 0 Å². The number of carbonyl (C=O) groups is 2. The van der Waals surface area contributed by atoms with E-state index < -0.39 is 23.6 Å². The van der Waals surface area contributed by atoms with Crippen molar-refractivity contribution in [2.45, 2.75) is 19.5 Å². The summed E-state index contributed by atoms with van der Waals surface area (Å²) in [5.41, 5.74) is 4.08. The van der Waals surface area contributed by atoms with E-state index in [1.807, 2.05) is 24.5 Å². The van der Waals surface area contributed by atoms with Crippen molar-refractivity contribution in [1.82, 2.24) is 10.9 Å². The molecule has 0 fully saturated rings. The average molecular weight is 366 g/mol. The molecule has 0 aromatic heterocycles. The summed E-state index contributed by atoms with van der Waals surface area (Å²) in [7, 11) is 0. The van der Waals surface area contributed by atoms with Crippen molar-refractivity contribution < 1.29 is 27.5 Å². The topological polar surface area (TPSA) is 67.4 Å². The fraction of sp³-hybridized carbons (Fsp3) is 0.222. The number of hydrazine groups is 1. The number of amides is 2. The number of benzene rings is 2. The Morgan fingerprint density at radius 3 is 2.35 bits per heavy atom. The number of carbonyl (C=O) groups excluding carboxylic acids is 2. The molecule has 2 amide bonds. The molecule has 26 heavy (non-hydrogen) atoms. The van der Waals surface area contributed by atoms with Crippen LogP contribution in [-0.2, 0) is 17.4 Å². The lowest BCUT2D eigenvalue weighted by molar-refractivity contribution is -0.137. The molecule has 2 aromatic rings. The molecule has 0 aliphatic rings. The lowest BCUT2D eigenvalue weighted by Gasteiger charge is -2.11. The fourth-order valence-electron chi connectivity index (χ4n) is 2.04. The maximum Gasteiger partial charge on any atom is 0.416 e. The molecule has 5 nitrogen and oxygen atoms in total. The standard InChI is InChI=1S/C18H17F3N2O3/c1-2-12-6-8-15(9-7-12)26-11-16(24)22-23-17(25)13-4-3-5-14(10-13)18(19,20)21/h3-10H,2,11H2,1H3,(H,22,24)(H,23,25). The zero-order valence-electron chi connectivity index (χ0n) is 13.9. The molecule has 8 heteroatoms. The largest absolute Gasteiger partial charge is 0.484 e. The summed E-state index contributed by atoms with van der Waals surface area (Å²) < 4.78 is 43.2. The van der Waals surface area contributed by atoms with Gasteiger partial charge < -0.3 is 4.74 Å². The third kappa shape index (κ3) is 5.51. The molecular weight excluding hydrogens is 349 g/mol. The minimum Gasteiger partial charge on any atom is -0.484 e. The number of alkyl halides is 3. The van der Waals surface area contributed by atoms with Crippen molar-refractivity contribution in [2.24, 2.45) is 0 Å². The van der Waals surface area contributed by atoms with E-state index in [9.17, 15) is 22.8 Å². The Bertz CT molecular complexity index is 774. The Morgan fingerprint density at radius 2 is 1.73 bits per heavy atom. The molecule has 0 bridgehead atoms. The fourth-order valence-corrected chi connectivity index (χ4v) is 2.04. The maximum absolute atomic E-state index is 12.6. The zero-order chi connectivity index (χ0) is 19.2. The van der Waals surface area contributed by atoms with Gasteiger partial charge in [0.25, 0.3) is 11.8 Å². The van der Waals surface area contributed by atoms with Crippen LogP contribution >= 0.6 is 0 Å². The molecule has 0 unspecified atom stereocenters. The molecule has 0 aliphatic carbocycles. The number of aryl methyl sites for hydroxylation is 1. The minimum absolute atomic E-state index is 0.226. The molecule has 0 radical (unpaired) electrons. The highest BCUT2D eigenvalue weighted by atomic mass is 19.4. The van der Waals surface area contributed by atoms with Gasteiger partial charge in [0.1, 0.15) is 5.75 Å². The molecule has 0 saturated heterocycles. The molecule has 0 saturated carbocycles. The van der Waals surface area contributed by atoms with Gasteiger partial charge in [0.05, 0.1) is 5.56 Å². The van der Waals surface area contributed by atoms with Crippen LogP contribution < -0.4 is 15.6 Å². The van der Waals surface area contributed by atoms with E-state index in [0.29, 0.717) is 11.8 Å². The van der Waals surface area contributed by atoms with Crippen molar-refractivity contribution >= 4 is 11.8 Å². The van der Waals surface area contributed by atoms with Crippen LogP contribution in [0.3, 0.4) is 0 Å². The predicted molar refractivity (Wildman–Crippen MR) is 88.4 cm³/mol. The summed E-state index contributed by atoms with van der Waals surface area (Å²) in [5.74, 6) is -1.02. The maximum atomic E-state index is 12.6. The van der Waals surface area contributed by atoms with Gasteiger partial charge in [-0.15, -0.1) is 0 Å². The Kier molecular flexibility index (Phi) is 6.21. The Hall–Kier alpha value is -3.03. The van der Waals surface area contributed by atoms with Crippen molar-refractivity contribution in [2.75, 3.05) is 6.61 Å². The predicted octanol–water partition coefficient (Wildman–Crippen LogP) is 3.11. The van der Waals surface area contributed by atoms with E-state index in [4.69, 9.17) is 4.74 Å². The van der Waals surface area contributed by atoms with Gasteiger partial charge in [-0.2, -0.15) is 13.2 Å². The van der Waals surface area contributed by atoms with Gasteiger partial charge >= 0.3 is 6.18 Å². The number of halogens is 3. The van der Waals surface area contributed by atoms with Crippen LogP contribution in [0, 0.1) is 0 Å². The zero-order valence-corrected chi connectivity index (χ0v) is 13.9. The average Bonchev–Trinajstić information content (AvgIpc) is 2.64. The minimum atomic E-state index is -4.55. The third-order valence-corrected chi connectivity index (χ3v) is 3.47. The van der Waals surface area contributed by atoms with Crippen LogP contribution in [-0.4, -0.2) is 18.4 Å². The number of rotatable bonds is 5. The van der Waals surface area contributed by atoms with Crippen LogP contribution in [0.1, 0.15) is 28.4 Å². The van der Waals surface area contributed by atoms with Gasteiger partial charge in [0.2, 0.25) is 0 Å². The molecule has 0 atom stereocenters. The molecule has 2 rings (SSSR count). The van der Waals surface area contributed by atoms with E-state index >= 15 is 0 Å². The molecular formula is C18H17F3N2O3. The number of nitrogens with one attached hydrogen (secondary N) is 2. The van der Waals surface area contributed by atoms with Crippen LogP contribution in [0.4, 0.5) is 13.2 Å². The van der Waals surface area contributed by atoms with E-state index in [-0.39, 0.29) is 12.2 Å². The smallest absolute Gasteiger partial charge is 0.416 e. The second-order valence-electron chi connectivity index (χ2n) is 5.37. The first kappa shape index (κ1) is 19.3. The highest BCUT2D eigenvalue weighted by Gasteiger charge is 2.30. The number of hydrogen-bond acceptors (Lipinski definition) is 3. The van der Waals surface area contributed by atoms with Gasteiger partial charge in [-0.3, -0.25) is 20.4 Å². The van der Waals surface area contributed by atoms with Crippen LogP contribution in [0.2, 0.25) is 0 Å². The molecule has 0 spiro atoms. The normalized spacial score (nSPS) is 10.9. The summed E-state index contributed by atoms with van der Waals surface area (Å²) in [6.45, 7) is 1.66. The summed E-state index contributed by atoms with van der Waals surface area (Å²) in [5, 5.41) is 0. The summed E-state index contributed by atoms with van der Waals surface area (Å²) >= 11 is 0. The summed E-state index contributed by atoms with van der Waals surface area (Å²) in [6, 6.07) is 11.0. The highest BCUT2D eigenvalue weighted by Crippen LogP contribution is 2.29. The second-order valence-corrected chi connectivity index (χ2v) is 5.37. The van der Waals surface area contributed by atoms with Gasteiger partial charge in [-0.1, -0.05) is 25.1 Å². The van der Waals surface area contributed by atoms with Gasteiger partial charge in [0, 0.05) is 5.56 Å². The molecule has 2 aromatic carbocycles. The molecule has 2 N–H and O–H groups in total. The lowest BCUT2D eigenvalue weighted by Crippen LogP contribution is -2.43. The molecule has 0 heterocycles. The first-order valence-corrected chi connectivity index (χ1v) is 7.77. The molecule has 138 valence electrons. The number of hydrogen-bond donors (Lipinski definition) is 2.